The van der Waals surface area contributed by atoms with Crippen LogP contribution in [0, 0.1) is 13.8 Å². The molecule has 0 spiro atoms. The lowest BCUT2D eigenvalue weighted by Gasteiger charge is -2.22. The Hall–Kier alpha value is -1.87. The van der Waals surface area contributed by atoms with Crippen molar-refractivity contribution in [3.63, 3.8) is 0 Å². The molecule has 0 aliphatic carbocycles. The van der Waals surface area contributed by atoms with Crippen molar-refractivity contribution in [2.45, 2.75) is 46.4 Å². The highest BCUT2D eigenvalue weighted by Gasteiger charge is 2.28. The molecule has 3 atom stereocenters. The van der Waals surface area contributed by atoms with E-state index in [-0.39, 0.29) is 12.5 Å². The topological polar surface area (TPSA) is 117 Å². The smallest absolute Gasteiger partial charge is 0.323 e. The van der Waals surface area contributed by atoms with E-state index < -0.39 is 19.5 Å². The molecule has 2 aromatic heterocycles. The summed E-state index contributed by atoms with van der Waals surface area (Å²) in [6, 6.07) is -0.778. The van der Waals surface area contributed by atoms with Gasteiger partial charge >= 0.3 is 5.97 Å². The Morgan fingerprint density at radius 1 is 1.30 bits per heavy atom. The van der Waals surface area contributed by atoms with Crippen LogP contribution in [0.15, 0.2) is 6.33 Å². The fourth-order valence-corrected chi connectivity index (χ4v) is 4.01. The molecule has 0 aromatic carbocycles. The molecular weight excluding hydrogens is 373 g/mol. The maximum Gasteiger partial charge on any atom is 0.323 e. The molecule has 10 nitrogen and oxygen atoms in total. The Morgan fingerprint density at radius 3 is 2.63 bits per heavy atom. The Kier molecular flexibility index (Phi) is 7.05. The van der Waals surface area contributed by atoms with Gasteiger partial charge in [0.25, 0.3) is 7.52 Å². The molecule has 0 fully saturated rings. The number of aryl methyl sites for hydroxylation is 2. The van der Waals surface area contributed by atoms with Gasteiger partial charge in [0.05, 0.1) is 31.8 Å². The normalized spacial score (nSPS) is 16.1. The fraction of sp³-hybridized carbons (Fsp3) is 0.625. The van der Waals surface area contributed by atoms with Crippen LogP contribution >= 0.6 is 7.52 Å². The van der Waals surface area contributed by atoms with Crippen molar-refractivity contribution < 1.29 is 23.4 Å². The summed E-state index contributed by atoms with van der Waals surface area (Å²) < 4.78 is 30.0. The number of imidazole rings is 1. The quantitative estimate of drug-likeness (QED) is 0.497. The third-order valence-electron chi connectivity index (χ3n) is 3.97. The van der Waals surface area contributed by atoms with Crippen LogP contribution in [0.1, 0.15) is 25.4 Å². The number of aromatic nitrogens is 4. The summed E-state index contributed by atoms with van der Waals surface area (Å²) in [6.07, 6.45) is 1.20. The summed E-state index contributed by atoms with van der Waals surface area (Å²) in [5.74, 6) is 0.135. The number of esters is 1. The predicted octanol–water partition coefficient (Wildman–Crippen LogP) is 1.80. The van der Waals surface area contributed by atoms with Crippen molar-refractivity contribution in [1.29, 1.82) is 0 Å². The van der Waals surface area contributed by atoms with E-state index in [2.05, 4.69) is 24.8 Å². The van der Waals surface area contributed by atoms with Crippen LogP contribution in [0.2, 0.25) is 0 Å². The second-order valence-corrected chi connectivity index (χ2v) is 8.49. The van der Waals surface area contributed by atoms with Gasteiger partial charge in [-0.05, 0) is 27.7 Å². The lowest BCUT2D eigenvalue weighted by molar-refractivity contribution is -0.142. The molecule has 0 saturated carbocycles. The minimum Gasteiger partial charge on any atom is -0.468 e. The van der Waals surface area contributed by atoms with E-state index >= 15 is 0 Å². The first-order valence-corrected chi connectivity index (χ1v) is 10.3. The monoisotopic (exact) mass is 399 g/mol. The van der Waals surface area contributed by atoms with Crippen molar-refractivity contribution in [3.05, 3.63) is 17.8 Å². The molecule has 27 heavy (non-hydrogen) atoms. The Labute approximate surface area is 158 Å². The van der Waals surface area contributed by atoms with Crippen LogP contribution < -0.4 is 5.09 Å². The van der Waals surface area contributed by atoms with Crippen LogP contribution in [0.5, 0.6) is 0 Å². The van der Waals surface area contributed by atoms with Gasteiger partial charge in [0.1, 0.15) is 23.7 Å². The molecule has 0 aliphatic heterocycles. The molecule has 0 saturated heterocycles. The highest BCUT2D eigenvalue weighted by atomic mass is 31.2. The SMILES string of the molecule is COC(=O)[C@H](C)N[P@](=O)(CO[C@H](C)Cn1cnc2c(C)nc(C)nc21)OC. The number of hydrogen-bond donors (Lipinski definition) is 1. The number of hydrogen-bond acceptors (Lipinski definition) is 8. The Balaban J connectivity index is 2.02. The number of rotatable bonds is 9. The first kappa shape index (κ1) is 21.4. The zero-order valence-corrected chi connectivity index (χ0v) is 17.3. The number of carbonyl (C=O) groups is 1. The van der Waals surface area contributed by atoms with Crippen molar-refractivity contribution in [1.82, 2.24) is 24.6 Å². The van der Waals surface area contributed by atoms with E-state index in [1.807, 2.05) is 25.3 Å². The van der Waals surface area contributed by atoms with E-state index in [1.54, 1.807) is 13.3 Å². The van der Waals surface area contributed by atoms with E-state index in [9.17, 15) is 9.36 Å². The maximum absolute atomic E-state index is 12.7. The van der Waals surface area contributed by atoms with Crippen LogP contribution in [0.25, 0.3) is 11.2 Å². The van der Waals surface area contributed by atoms with Crippen molar-refractivity contribution >= 4 is 24.7 Å². The van der Waals surface area contributed by atoms with Crippen molar-refractivity contribution in [3.8, 4) is 0 Å². The van der Waals surface area contributed by atoms with Gasteiger partial charge in [-0.25, -0.2) is 20.0 Å². The highest BCUT2D eigenvalue weighted by Crippen LogP contribution is 2.42. The first-order valence-electron chi connectivity index (χ1n) is 8.47. The fourth-order valence-electron chi connectivity index (χ4n) is 2.58. The number of nitrogens with zero attached hydrogens (tertiary/aromatic N) is 4. The second kappa shape index (κ2) is 8.88. The van der Waals surface area contributed by atoms with Gasteiger partial charge in [0.15, 0.2) is 5.65 Å². The number of fused-ring (bicyclic) bond motifs is 1. The largest absolute Gasteiger partial charge is 0.468 e. The zero-order valence-electron chi connectivity index (χ0n) is 16.4. The van der Waals surface area contributed by atoms with Gasteiger partial charge in [-0.15, -0.1) is 0 Å². The van der Waals surface area contributed by atoms with Gasteiger partial charge in [-0.2, -0.15) is 0 Å². The number of methoxy groups -OCH3 is 1. The molecule has 0 radical (unpaired) electrons. The van der Waals surface area contributed by atoms with Gasteiger partial charge in [-0.3, -0.25) is 9.36 Å². The van der Waals surface area contributed by atoms with Gasteiger partial charge in [0.2, 0.25) is 0 Å². The minimum atomic E-state index is -3.35. The van der Waals surface area contributed by atoms with Crippen molar-refractivity contribution in [2.24, 2.45) is 0 Å². The average Bonchev–Trinajstić information content (AvgIpc) is 3.02. The molecule has 150 valence electrons. The van der Waals surface area contributed by atoms with Gasteiger partial charge in [-0.1, -0.05) is 0 Å². The van der Waals surface area contributed by atoms with E-state index in [0.717, 1.165) is 16.9 Å². The van der Waals surface area contributed by atoms with E-state index in [4.69, 9.17) is 9.26 Å². The lowest BCUT2D eigenvalue weighted by Crippen LogP contribution is -2.34. The van der Waals surface area contributed by atoms with Crippen LogP contribution in [0.4, 0.5) is 0 Å². The molecule has 2 heterocycles. The van der Waals surface area contributed by atoms with Gasteiger partial charge in [0, 0.05) is 7.11 Å². The summed E-state index contributed by atoms with van der Waals surface area (Å²) in [4.78, 5) is 24.6. The molecule has 2 rings (SSSR count). The van der Waals surface area contributed by atoms with E-state index in [1.165, 1.54) is 14.2 Å². The zero-order chi connectivity index (χ0) is 20.2. The Bertz CT molecular complexity index is 855. The third-order valence-corrected chi connectivity index (χ3v) is 5.83. The Morgan fingerprint density at radius 2 is 2.00 bits per heavy atom. The molecule has 1 N–H and O–H groups in total. The standard InChI is InChI=1S/C16H26N5O5P/c1-10(26-9-27(23,25-6)20-12(3)16(22)24-5)7-21-8-17-14-11(2)18-13(4)19-15(14)21/h8,10,12H,7,9H2,1-6H3,(H,20,23)/t10-,12+,27+/m1/s1. The summed E-state index contributed by atoms with van der Waals surface area (Å²) in [7, 11) is -0.788. The number of ether oxygens (including phenoxy) is 2. The number of nitrogens with one attached hydrogen (secondary N) is 1. The predicted molar refractivity (Wildman–Crippen MR) is 99.4 cm³/mol. The first-order chi connectivity index (χ1) is 12.7. The van der Waals surface area contributed by atoms with Gasteiger partial charge < -0.3 is 18.6 Å². The van der Waals surface area contributed by atoms with Crippen molar-refractivity contribution in [2.75, 3.05) is 20.6 Å². The summed E-state index contributed by atoms with van der Waals surface area (Å²) in [6.45, 7) is 7.56. The summed E-state index contributed by atoms with van der Waals surface area (Å²) in [5, 5.41) is 2.65. The second-order valence-electron chi connectivity index (χ2n) is 6.26. The molecular formula is C16H26N5O5P. The molecule has 2 aromatic rings. The van der Waals surface area contributed by atoms with Crippen LogP contribution in [-0.2, 0) is 29.9 Å². The maximum atomic E-state index is 12.7. The summed E-state index contributed by atoms with van der Waals surface area (Å²) >= 11 is 0. The summed E-state index contributed by atoms with van der Waals surface area (Å²) in [5.41, 5.74) is 2.28. The molecule has 0 aliphatic rings. The molecule has 0 amide bonds. The molecule has 0 unspecified atom stereocenters. The van der Waals surface area contributed by atoms with Crippen LogP contribution in [0.3, 0.4) is 0 Å². The number of carbonyl (C=O) groups excluding carboxylic acids is 1. The third kappa shape index (κ3) is 5.32. The lowest BCUT2D eigenvalue weighted by atomic mass is 10.3. The minimum absolute atomic E-state index is 0.189. The highest BCUT2D eigenvalue weighted by molar-refractivity contribution is 7.56. The van der Waals surface area contributed by atoms with Crippen LogP contribution in [-0.4, -0.2) is 58.2 Å². The average molecular weight is 399 g/mol. The van der Waals surface area contributed by atoms with E-state index in [0.29, 0.717) is 12.4 Å². The molecule has 11 heteroatoms. The molecule has 0 bridgehead atoms.